The highest BCUT2D eigenvalue weighted by Crippen LogP contribution is 2.35. The van der Waals surface area contributed by atoms with E-state index in [0.717, 1.165) is 34.1 Å². The zero-order valence-electron chi connectivity index (χ0n) is 28.3. The van der Waals surface area contributed by atoms with Crippen molar-refractivity contribution >= 4 is 43.6 Å². The SMILES string of the molecule is CC(C)(c1ccn(-c2cccc(-n3c4ccccc4c4ccccc43)c2)n1)c1ccn(-c2cccc(-n3c4ccccc4c4ccccc43)c2)n1. The Hall–Kier alpha value is -6.66. The van der Waals surface area contributed by atoms with Gasteiger partial charge >= 0.3 is 0 Å². The van der Waals surface area contributed by atoms with Crippen LogP contribution >= 0.6 is 0 Å². The lowest BCUT2D eigenvalue weighted by molar-refractivity contribution is 0.576. The van der Waals surface area contributed by atoms with Crippen LogP contribution in [0.4, 0.5) is 0 Å². The second-order valence-corrected chi connectivity index (χ2v) is 13.7. The molecule has 0 spiro atoms. The molecule has 244 valence electrons. The third-order valence-corrected chi connectivity index (χ3v) is 10.3. The predicted octanol–water partition coefficient (Wildman–Crippen LogP) is 10.6. The molecule has 0 radical (unpaired) electrons. The molecule has 0 saturated heterocycles. The molecule has 0 amide bonds. The Morgan fingerprint density at radius 1 is 0.373 bits per heavy atom. The average Bonchev–Trinajstić information content (AvgIpc) is 3.99. The van der Waals surface area contributed by atoms with Gasteiger partial charge in [0.2, 0.25) is 0 Å². The summed E-state index contributed by atoms with van der Waals surface area (Å²) in [5.74, 6) is 0. The van der Waals surface area contributed by atoms with Crippen molar-refractivity contribution in [2.75, 3.05) is 0 Å². The number of rotatable bonds is 6. The first-order valence-corrected chi connectivity index (χ1v) is 17.3. The van der Waals surface area contributed by atoms with Crippen LogP contribution in [0.15, 0.2) is 170 Å². The summed E-state index contributed by atoms with van der Waals surface area (Å²) in [7, 11) is 0. The first-order chi connectivity index (χ1) is 25.0. The third-order valence-electron chi connectivity index (χ3n) is 10.3. The Kier molecular flexibility index (Phi) is 6.42. The standard InChI is InChI=1S/C45H34N6/c1-45(2,43-25-27-48(46-43)31-13-11-15-33(29-31)50-39-21-7-3-17-35(39)36-18-4-8-22-40(36)50)44-26-28-49(47-44)32-14-12-16-34(30-32)51-41-23-9-5-19-37(41)38-20-6-10-24-42(38)51/h3-30H,1-2H3. The van der Waals surface area contributed by atoms with E-state index < -0.39 is 5.41 Å². The Labute approximate surface area is 295 Å². The first-order valence-electron chi connectivity index (χ1n) is 17.3. The fourth-order valence-corrected chi connectivity index (χ4v) is 7.68. The molecular formula is C45H34N6. The Morgan fingerprint density at radius 3 is 1.08 bits per heavy atom. The molecule has 0 unspecified atom stereocenters. The third kappa shape index (κ3) is 4.57. The number of nitrogens with zero attached hydrogens (tertiary/aromatic N) is 6. The maximum Gasteiger partial charge on any atom is 0.0745 e. The topological polar surface area (TPSA) is 45.5 Å². The summed E-state index contributed by atoms with van der Waals surface area (Å²) in [6.07, 6.45) is 4.10. The van der Waals surface area contributed by atoms with Crippen LogP contribution < -0.4 is 0 Å². The maximum absolute atomic E-state index is 5.12. The quantitative estimate of drug-likeness (QED) is 0.178. The van der Waals surface area contributed by atoms with Gasteiger partial charge in [-0.05, 0) is 86.6 Å². The predicted molar refractivity (Wildman–Crippen MR) is 208 cm³/mol. The average molecular weight is 659 g/mol. The van der Waals surface area contributed by atoms with Crippen LogP contribution in [0.3, 0.4) is 0 Å². The molecule has 6 nitrogen and oxygen atoms in total. The minimum atomic E-state index is -0.425. The molecule has 0 N–H and O–H groups in total. The van der Waals surface area contributed by atoms with E-state index in [4.69, 9.17) is 10.2 Å². The molecule has 0 fully saturated rings. The Balaban J connectivity index is 0.980. The van der Waals surface area contributed by atoms with Crippen LogP contribution in [0.5, 0.6) is 0 Å². The highest BCUT2D eigenvalue weighted by atomic mass is 15.3. The van der Waals surface area contributed by atoms with Gasteiger partial charge in [-0.1, -0.05) is 84.9 Å². The molecule has 0 saturated carbocycles. The summed E-state index contributed by atoms with van der Waals surface area (Å²) in [4.78, 5) is 0. The number of fused-ring (bicyclic) bond motifs is 6. The van der Waals surface area contributed by atoms with Gasteiger partial charge in [0.15, 0.2) is 0 Å². The van der Waals surface area contributed by atoms with Crippen LogP contribution in [0.2, 0.25) is 0 Å². The van der Waals surface area contributed by atoms with Gasteiger partial charge in [0.25, 0.3) is 0 Å². The second kappa shape index (κ2) is 11.2. The monoisotopic (exact) mass is 658 g/mol. The van der Waals surface area contributed by atoms with Crippen LogP contribution in [0.1, 0.15) is 25.2 Å². The van der Waals surface area contributed by atoms with E-state index in [-0.39, 0.29) is 0 Å². The van der Waals surface area contributed by atoms with Crippen LogP contribution in [0, 0.1) is 0 Å². The number of hydrogen-bond acceptors (Lipinski definition) is 2. The largest absolute Gasteiger partial charge is 0.309 e. The summed E-state index contributed by atoms with van der Waals surface area (Å²) in [5.41, 5.74) is 10.4. The van der Waals surface area contributed by atoms with Gasteiger partial charge < -0.3 is 9.13 Å². The lowest BCUT2D eigenvalue weighted by Gasteiger charge is -2.20. The van der Waals surface area contributed by atoms with Gasteiger partial charge in [-0.15, -0.1) is 0 Å². The molecule has 10 aromatic rings. The smallest absolute Gasteiger partial charge is 0.0745 e. The molecule has 0 aliphatic carbocycles. The first kappa shape index (κ1) is 29.3. The van der Waals surface area contributed by atoms with E-state index in [1.165, 1.54) is 43.6 Å². The minimum Gasteiger partial charge on any atom is -0.309 e. The number of hydrogen-bond donors (Lipinski definition) is 0. The number of aromatic nitrogens is 6. The van der Waals surface area contributed by atoms with Crippen LogP contribution in [-0.2, 0) is 5.41 Å². The summed E-state index contributed by atoms with van der Waals surface area (Å²) in [6, 6.07) is 55.8. The van der Waals surface area contributed by atoms with Gasteiger partial charge in [-0.25, -0.2) is 9.36 Å². The Morgan fingerprint density at radius 2 is 0.706 bits per heavy atom. The van der Waals surface area contributed by atoms with Crippen molar-refractivity contribution in [1.82, 2.24) is 28.7 Å². The van der Waals surface area contributed by atoms with Gasteiger partial charge in [-0.3, -0.25) is 0 Å². The van der Waals surface area contributed by atoms with E-state index in [0.29, 0.717) is 0 Å². The molecule has 0 aliphatic heterocycles. The van der Waals surface area contributed by atoms with E-state index in [9.17, 15) is 0 Å². The zero-order valence-corrected chi connectivity index (χ0v) is 28.3. The van der Waals surface area contributed by atoms with E-state index in [1.807, 2.05) is 21.8 Å². The molecule has 0 bridgehead atoms. The molecule has 0 aliphatic rings. The van der Waals surface area contributed by atoms with Gasteiger partial charge in [0, 0.05) is 45.3 Å². The molecule has 4 heterocycles. The fourth-order valence-electron chi connectivity index (χ4n) is 7.68. The van der Waals surface area contributed by atoms with Gasteiger partial charge in [0.05, 0.1) is 50.2 Å². The lowest BCUT2D eigenvalue weighted by atomic mass is 9.86. The normalized spacial score (nSPS) is 12.1. The molecule has 51 heavy (non-hydrogen) atoms. The number of para-hydroxylation sites is 4. The maximum atomic E-state index is 5.12. The van der Waals surface area contributed by atoms with E-state index >= 15 is 0 Å². The van der Waals surface area contributed by atoms with Crippen molar-refractivity contribution in [3.63, 3.8) is 0 Å². The highest BCUT2D eigenvalue weighted by Gasteiger charge is 2.29. The van der Waals surface area contributed by atoms with Crippen molar-refractivity contribution in [1.29, 1.82) is 0 Å². The lowest BCUT2D eigenvalue weighted by Crippen LogP contribution is -2.21. The van der Waals surface area contributed by atoms with Crippen molar-refractivity contribution in [3.05, 3.63) is 182 Å². The van der Waals surface area contributed by atoms with Crippen LogP contribution in [-0.4, -0.2) is 28.7 Å². The molecule has 10 rings (SSSR count). The molecular weight excluding hydrogens is 625 g/mol. The van der Waals surface area contributed by atoms with Crippen molar-refractivity contribution < 1.29 is 0 Å². The van der Waals surface area contributed by atoms with Crippen LogP contribution in [0.25, 0.3) is 66.4 Å². The summed E-state index contributed by atoms with van der Waals surface area (Å²) >= 11 is 0. The molecule has 6 aromatic carbocycles. The molecule has 0 atom stereocenters. The zero-order chi connectivity index (χ0) is 34.1. The van der Waals surface area contributed by atoms with Gasteiger partial charge in [-0.2, -0.15) is 10.2 Å². The summed E-state index contributed by atoms with van der Waals surface area (Å²) < 4.78 is 8.62. The molecule has 6 heteroatoms. The van der Waals surface area contributed by atoms with Crippen molar-refractivity contribution in [3.8, 4) is 22.7 Å². The second-order valence-electron chi connectivity index (χ2n) is 13.7. The fraction of sp³-hybridized carbons (Fsp3) is 0.0667. The van der Waals surface area contributed by atoms with Gasteiger partial charge in [0.1, 0.15) is 0 Å². The van der Waals surface area contributed by atoms with E-state index in [2.05, 4.69) is 181 Å². The Bertz CT molecular complexity index is 2610. The van der Waals surface area contributed by atoms with E-state index in [1.54, 1.807) is 0 Å². The van der Waals surface area contributed by atoms with Crippen molar-refractivity contribution in [2.45, 2.75) is 19.3 Å². The minimum absolute atomic E-state index is 0.425. The summed E-state index contributed by atoms with van der Waals surface area (Å²) in [6.45, 7) is 4.38. The van der Waals surface area contributed by atoms with Crippen molar-refractivity contribution in [2.24, 2.45) is 0 Å². The summed E-state index contributed by atoms with van der Waals surface area (Å²) in [5, 5.41) is 15.2. The molecule has 4 aromatic heterocycles. The number of benzene rings is 6. The highest BCUT2D eigenvalue weighted by molar-refractivity contribution is 6.10.